The Kier molecular flexibility index (Phi) is 3.62. The summed E-state index contributed by atoms with van der Waals surface area (Å²) >= 11 is 1.72. The highest BCUT2D eigenvalue weighted by atomic mass is 32.1. The van der Waals surface area contributed by atoms with Crippen LogP contribution < -0.4 is 5.32 Å². The first-order valence-corrected chi connectivity index (χ1v) is 8.93. The summed E-state index contributed by atoms with van der Waals surface area (Å²) in [4.78, 5) is 18.2. The monoisotopic (exact) mass is 335 g/mol. The minimum atomic E-state index is -0.178. The molecule has 0 aliphatic heterocycles. The molecule has 0 spiro atoms. The number of carbonyl (C=O) groups excluding carboxylic acids is 1. The van der Waals surface area contributed by atoms with E-state index in [1.165, 1.54) is 16.9 Å². The van der Waals surface area contributed by atoms with Gasteiger partial charge in [0.2, 0.25) is 0 Å². The van der Waals surface area contributed by atoms with Crippen molar-refractivity contribution in [3.63, 3.8) is 0 Å². The van der Waals surface area contributed by atoms with Crippen LogP contribution in [0.15, 0.2) is 24.3 Å². The zero-order chi connectivity index (χ0) is 16.7. The second-order valence-electron chi connectivity index (χ2n) is 6.22. The van der Waals surface area contributed by atoms with Gasteiger partial charge >= 0.3 is 0 Å². The minimum absolute atomic E-state index is 0.178. The number of nitrogens with one attached hydrogen (secondary N) is 2. The number of nitriles is 1. The first-order chi connectivity index (χ1) is 11.7. The summed E-state index contributed by atoms with van der Waals surface area (Å²) in [5.74, 6) is -0.178. The lowest BCUT2D eigenvalue weighted by Crippen LogP contribution is -2.13. The van der Waals surface area contributed by atoms with Gasteiger partial charge in [-0.25, -0.2) is 0 Å². The molecule has 1 amide bonds. The third kappa shape index (κ3) is 2.40. The first-order valence-electron chi connectivity index (χ1n) is 8.11. The SMILES string of the molecule is Cc1ccc(C(=O)Nc2c(C#N)[nH]c3sc4c(c23)CCCC4)cc1. The molecule has 1 aromatic carbocycles. The summed E-state index contributed by atoms with van der Waals surface area (Å²) in [5.41, 5.74) is 4.09. The second-order valence-corrected chi connectivity index (χ2v) is 7.33. The predicted octanol–water partition coefficient (Wildman–Crippen LogP) is 4.54. The topological polar surface area (TPSA) is 68.7 Å². The van der Waals surface area contributed by atoms with E-state index in [0.29, 0.717) is 16.9 Å². The van der Waals surface area contributed by atoms with E-state index in [-0.39, 0.29) is 5.91 Å². The van der Waals surface area contributed by atoms with Crippen LogP contribution in [-0.4, -0.2) is 10.9 Å². The Balaban J connectivity index is 1.77. The van der Waals surface area contributed by atoms with E-state index in [1.54, 1.807) is 11.3 Å². The maximum absolute atomic E-state index is 12.6. The molecule has 2 heterocycles. The Hall–Kier alpha value is -2.58. The van der Waals surface area contributed by atoms with Crippen LogP contribution in [0.5, 0.6) is 0 Å². The molecular weight excluding hydrogens is 318 g/mol. The molecule has 1 aliphatic carbocycles. The molecule has 0 atom stereocenters. The molecule has 0 fully saturated rings. The number of hydrogen-bond acceptors (Lipinski definition) is 3. The van der Waals surface area contributed by atoms with Gasteiger partial charge in [-0.15, -0.1) is 11.3 Å². The van der Waals surface area contributed by atoms with Gasteiger partial charge in [0.15, 0.2) is 0 Å². The molecule has 5 heteroatoms. The molecule has 0 bridgehead atoms. The molecule has 3 aromatic rings. The number of benzene rings is 1. The van der Waals surface area contributed by atoms with Gasteiger partial charge in [-0.05, 0) is 50.3 Å². The van der Waals surface area contributed by atoms with Crippen LogP contribution in [0.1, 0.15) is 44.9 Å². The van der Waals surface area contributed by atoms with Crippen molar-refractivity contribution < 1.29 is 4.79 Å². The van der Waals surface area contributed by atoms with Crippen LogP contribution in [0.3, 0.4) is 0 Å². The summed E-state index contributed by atoms with van der Waals surface area (Å²) in [7, 11) is 0. The summed E-state index contributed by atoms with van der Waals surface area (Å²) in [6.07, 6.45) is 4.49. The van der Waals surface area contributed by atoms with Gasteiger partial charge in [0.25, 0.3) is 5.91 Å². The zero-order valence-electron chi connectivity index (χ0n) is 13.4. The molecule has 0 unspecified atom stereocenters. The van der Waals surface area contributed by atoms with Crippen molar-refractivity contribution in [3.8, 4) is 6.07 Å². The van der Waals surface area contributed by atoms with Crippen LogP contribution >= 0.6 is 11.3 Å². The summed E-state index contributed by atoms with van der Waals surface area (Å²) < 4.78 is 0. The molecule has 1 aliphatic rings. The average Bonchev–Trinajstić information content (AvgIpc) is 3.11. The van der Waals surface area contributed by atoms with E-state index in [4.69, 9.17) is 0 Å². The van der Waals surface area contributed by atoms with E-state index in [0.717, 1.165) is 35.0 Å². The van der Waals surface area contributed by atoms with Crippen molar-refractivity contribution in [2.75, 3.05) is 5.32 Å². The number of rotatable bonds is 2. The molecular formula is C19H17N3OS. The number of hydrogen-bond donors (Lipinski definition) is 2. The number of anilines is 1. The molecule has 0 saturated heterocycles. The number of thiophene rings is 1. The Bertz CT molecular complexity index is 973. The van der Waals surface area contributed by atoms with Crippen LogP contribution in [0.2, 0.25) is 0 Å². The largest absolute Gasteiger partial charge is 0.336 e. The van der Waals surface area contributed by atoms with E-state index >= 15 is 0 Å². The molecule has 4 nitrogen and oxygen atoms in total. The number of aryl methyl sites for hydroxylation is 3. The highest BCUT2D eigenvalue weighted by Crippen LogP contribution is 2.41. The van der Waals surface area contributed by atoms with Crippen LogP contribution in [0.25, 0.3) is 10.2 Å². The minimum Gasteiger partial charge on any atom is -0.336 e. The molecule has 24 heavy (non-hydrogen) atoms. The lowest BCUT2D eigenvalue weighted by molar-refractivity contribution is 0.102. The van der Waals surface area contributed by atoms with Crippen molar-refractivity contribution in [1.82, 2.24) is 4.98 Å². The van der Waals surface area contributed by atoms with Crippen molar-refractivity contribution >= 4 is 33.1 Å². The van der Waals surface area contributed by atoms with Crippen molar-refractivity contribution in [2.45, 2.75) is 32.6 Å². The number of aromatic amines is 1. The van der Waals surface area contributed by atoms with Crippen molar-refractivity contribution in [1.29, 1.82) is 5.26 Å². The van der Waals surface area contributed by atoms with Gasteiger partial charge in [-0.2, -0.15) is 5.26 Å². The van der Waals surface area contributed by atoms with E-state index in [1.807, 2.05) is 31.2 Å². The fourth-order valence-corrected chi connectivity index (χ4v) is 4.62. The fourth-order valence-electron chi connectivity index (χ4n) is 3.32. The van der Waals surface area contributed by atoms with Gasteiger partial charge in [-0.1, -0.05) is 17.7 Å². The Morgan fingerprint density at radius 2 is 2.00 bits per heavy atom. The van der Waals surface area contributed by atoms with Crippen LogP contribution in [0, 0.1) is 18.3 Å². The fraction of sp³-hybridized carbons (Fsp3) is 0.263. The third-order valence-electron chi connectivity index (χ3n) is 4.57. The van der Waals surface area contributed by atoms with Gasteiger partial charge in [0.05, 0.1) is 5.69 Å². The van der Waals surface area contributed by atoms with Gasteiger partial charge in [0, 0.05) is 15.8 Å². The van der Waals surface area contributed by atoms with E-state index < -0.39 is 0 Å². The Morgan fingerprint density at radius 1 is 1.25 bits per heavy atom. The molecule has 2 N–H and O–H groups in total. The Morgan fingerprint density at radius 3 is 2.75 bits per heavy atom. The quantitative estimate of drug-likeness (QED) is 0.722. The molecule has 120 valence electrons. The van der Waals surface area contributed by atoms with Crippen molar-refractivity contribution in [2.24, 2.45) is 0 Å². The number of aromatic nitrogens is 1. The van der Waals surface area contributed by atoms with Crippen LogP contribution in [-0.2, 0) is 12.8 Å². The normalized spacial score (nSPS) is 13.5. The van der Waals surface area contributed by atoms with E-state index in [9.17, 15) is 10.1 Å². The summed E-state index contributed by atoms with van der Waals surface area (Å²) in [6, 6.07) is 9.63. The number of carbonyl (C=O) groups is 1. The van der Waals surface area contributed by atoms with Gasteiger partial charge < -0.3 is 10.3 Å². The second kappa shape index (κ2) is 5.81. The molecule has 0 saturated carbocycles. The molecule has 4 rings (SSSR count). The molecule has 0 radical (unpaired) electrons. The lowest BCUT2D eigenvalue weighted by Gasteiger charge is -2.12. The standard InChI is InChI=1S/C19H17N3OS/c1-11-6-8-12(9-7-11)18(23)22-17-14(10-20)21-19-16(17)13-4-2-3-5-15(13)24-19/h6-9,21H,2-5H2,1H3,(H,22,23). The maximum Gasteiger partial charge on any atom is 0.255 e. The average molecular weight is 335 g/mol. The first kappa shape index (κ1) is 15.0. The summed E-state index contributed by atoms with van der Waals surface area (Å²) in [6.45, 7) is 1.99. The zero-order valence-corrected chi connectivity index (χ0v) is 14.2. The number of amides is 1. The highest BCUT2D eigenvalue weighted by molar-refractivity contribution is 7.19. The smallest absolute Gasteiger partial charge is 0.255 e. The number of nitrogens with zero attached hydrogens (tertiary/aromatic N) is 1. The maximum atomic E-state index is 12.6. The number of H-pyrrole nitrogens is 1. The van der Waals surface area contributed by atoms with Crippen LogP contribution in [0.4, 0.5) is 5.69 Å². The Labute approximate surface area is 144 Å². The summed E-state index contributed by atoms with van der Waals surface area (Å²) in [5, 5.41) is 13.4. The van der Waals surface area contributed by atoms with Gasteiger partial charge in [-0.3, -0.25) is 4.79 Å². The van der Waals surface area contributed by atoms with Gasteiger partial charge in [0.1, 0.15) is 16.6 Å². The van der Waals surface area contributed by atoms with Crippen molar-refractivity contribution in [3.05, 3.63) is 51.5 Å². The number of fused-ring (bicyclic) bond motifs is 3. The lowest BCUT2D eigenvalue weighted by atomic mass is 9.96. The highest BCUT2D eigenvalue weighted by Gasteiger charge is 2.23. The third-order valence-corrected chi connectivity index (χ3v) is 5.78. The predicted molar refractivity (Wildman–Crippen MR) is 96.7 cm³/mol. The van der Waals surface area contributed by atoms with E-state index in [2.05, 4.69) is 16.4 Å². The molecule has 2 aromatic heterocycles.